The highest BCUT2D eigenvalue weighted by molar-refractivity contribution is 5.81. The molecule has 0 N–H and O–H groups in total. The van der Waals surface area contributed by atoms with Crippen molar-refractivity contribution in [2.45, 2.75) is 83.6 Å². The van der Waals surface area contributed by atoms with Crippen LogP contribution in [0.2, 0.25) is 0 Å². The molecule has 6 nitrogen and oxygen atoms in total. The molecule has 2 atom stereocenters. The van der Waals surface area contributed by atoms with Gasteiger partial charge in [-0.05, 0) is 46.6 Å². The standard InChI is InChI=1S/C22H35N5O/c1-5-21(28)17-8-20(9-17)25(4)12-16-10-23-22(24-11-16)27-18-6-7-19(27)14-26(13-18)15(2)3/h10-11,15,17-20H,5-9,12-14H2,1-4H3/t17-,18?,19?,20+. The Hall–Kier alpha value is -1.53. The van der Waals surface area contributed by atoms with Crippen LogP contribution in [0.5, 0.6) is 0 Å². The lowest BCUT2D eigenvalue weighted by Gasteiger charge is -2.42. The predicted octanol–water partition coefficient (Wildman–Crippen LogP) is 2.73. The third-order valence-electron chi connectivity index (χ3n) is 7.14. The van der Waals surface area contributed by atoms with E-state index in [1.54, 1.807) is 0 Å². The highest BCUT2D eigenvalue weighted by Crippen LogP contribution is 2.35. The van der Waals surface area contributed by atoms with Crippen molar-refractivity contribution >= 4 is 11.7 Å². The Morgan fingerprint density at radius 2 is 1.79 bits per heavy atom. The highest BCUT2D eigenvalue weighted by Gasteiger charge is 2.41. The summed E-state index contributed by atoms with van der Waals surface area (Å²) in [5.41, 5.74) is 1.16. The van der Waals surface area contributed by atoms with Crippen molar-refractivity contribution in [2.24, 2.45) is 5.92 Å². The molecule has 2 saturated heterocycles. The molecule has 28 heavy (non-hydrogen) atoms. The van der Waals surface area contributed by atoms with Crippen LogP contribution in [0.4, 0.5) is 5.95 Å². The van der Waals surface area contributed by atoms with Gasteiger partial charge in [0.1, 0.15) is 5.78 Å². The number of anilines is 1. The first kappa shape index (κ1) is 19.8. The van der Waals surface area contributed by atoms with E-state index >= 15 is 0 Å². The third-order valence-corrected chi connectivity index (χ3v) is 7.14. The van der Waals surface area contributed by atoms with Crippen LogP contribution in [0.25, 0.3) is 0 Å². The van der Waals surface area contributed by atoms with Gasteiger partial charge in [-0.1, -0.05) is 6.92 Å². The van der Waals surface area contributed by atoms with Gasteiger partial charge in [-0.2, -0.15) is 0 Å². The van der Waals surface area contributed by atoms with Gasteiger partial charge in [0.2, 0.25) is 5.95 Å². The van der Waals surface area contributed by atoms with Crippen LogP contribution < -0.4 is 4.90 Å². The topological polar surface area (TPSA) is 52.6 Å². The molecule has 154 valence electrons. The summed E-state index contributed by atoms with van der Waals surface area (Å²) < 4.78 is 0. The number of ketones is 1. The molecule has 0 radical (unpaired) electrons. The molecule has 3 aliphatic rings. The number of fused-ring (bicyclic) bond motifs is 2. The summed E-state index contributed by atoms with van der Waals surface area (Å²) in [6, 6.07) is 2.23. The Morgan fingerprint density at radius 3 is 2.32 bits per heavy atom. The maximum Gasteiger partial charge on any atom is 0.225 e. The van der Waals surface area contributed by atoms with E-state index in [4.69, 9.17) is 9.97 Å². The number of aromatic nitrogens is 2. The molecule has 3 fully saturated rings. The van der Waals surface area contributed by atoms with Gasteiger partial charge in [0, 0.05) is 74.1 Å². The van der Waals surface area contributed by atoms with Crippen LogP contribution in [-0.4, -0.2) is 69.9 Å². The Morgan fingerprint density at radius 1 is 1.18 bits per heavy atom. The number of carbonyl (C=O) groups excluding carboxylic acids is 1. The second-order valence-corrected chi connectivity index (χ2v) is 9.29. The van der Waals surface area contributed by atoms with Gasteiger partial charge in [0.05, 0.1) is 0 Å². The normalized spacial score (nSPS) is 30.1. The molecule has 6 heteroatoms. The second-order valence-electron chi connectivity index (χ2n) is 9.29. The smallest absolute Gasteiger partial charge is 0.225 e. The fraction of sp³-hybridized carbons (Fsp3) is 0.773. The minimum absolute atomic E-state index is 0.288. The fourth-order valence-corrected chi connectivity index (χ4v) is 5.16. The molecule has 0 aromatic carbocycles. The molecule has 2 unspecified atom stereocenters. The fourth-order valence-electron chi connectivity index (χ4n) is 5.16. The largest absolute Gasteiger partial charge is 0.332 e. The monoisotopic (exact) mass is 385 g/mol. The molecule has 1 aliphatic carbocycles. The van der Waals surface area contributed by atoms with Crippen molar-refractivity contribution in [3.05, 3.63) is 18.0 Å². The van der Waals surface area contributed by atoms with Gasteiger partial charge in [0.15, 0.2) is 0 Å². The van der Waals surface area contributed by atoms with E-state index in [0.717, 1.165) is 44.0 Å². The van der Waals surface area contributed by atoms with Gasteiger partial charge >= 0.3 is 0 Å². The first-order valence-corrected chi connectivity index (χ1v) is 11.0. The summed E-state index contributed by atoms with van der Waals surface area (Å²) in [6.07, 6.45) is 9.18. The Bertz CT molecular complexity index is 671. The summed E-state index contributed by atoms with van der Waals surface area (Å²) >= 11 is 0. The summed E-state index contributed by atoms with van der Waals surface area (Å²) in [6.45, 7) is 9.65. The zero-order valence-electron chi connectivity index (χ0n) is 17.8. The SMILES string of the molecule is CCC(=O)[C@H]1C[C@@H](N(C)Cc2cnc(N3C4CCC3CN(C(C)C)C4)nc2)C1. The van der Waals surface area contributed by atoms with E-state index in [1.165, 1.54) is 12.8 Å². The minimum Gasteiger partial charge on any atom is -0.332 e. The molecule has 4 rings (SSSR count). The van der Waals surface area contributed by atoms with Crippen molar-refractivity contribution in [2.75, 3.05) is 25.0 Å². The third kappa shape index (κ3) is 3.81. The Balaban J connectivity index is 1.33. The summed E-state index contributed by atoms with van der Waals surface area (Å²) in [5, 5.41) is 0. The molecule has 0 spiro atoms. The van der Waals surface area contributed by atoms with Gasteiger partial charge in [0.25, 0.3) is 0 Å². The molecule has 1 aromatic heterocycles. The van der Waals surface area contributed by atoms with Crippen LogP contribution in [0.3, 0.4) is 0 Å². The zero-order chi connectivity index (χ0) is 19.8. The molecular weight excluding hydrogens is 350 g/mol. The van der Waals surface area contributed by atoms with E-state index < -0.39 is 0 Å². The number of likely N-dealkylation sites (tertiary alicyclic amines) is 1. The number of nitrogens with zero attached hydrogens (tertiary/aromatic N) is 5. The number of hydrogen-bond donors (Lipinski definition) is 0. The lowest BCUT2D eigenvalue weighted by molar-refractivity contribution is -0.127. The van der Waals surface area contributed by atoms with E-state index in [2.05, 4.69) is 35.6 Å². The van der Waals surface area contributed by atoms with E-state index in [-0.39, 0.29) is 5.92 Å². The van der Waals surface area contributed by atoms with E-state index in [9.17, 15) is 4.79 Å². The lowest BCUT2D eigenvalue weighted by atomic mass is 9.76. The van der Waals surface area contributed by atoms with Crippen LogP contribution in [0.15, 0.2) is 12.4 Å². The van der Waals surface area contributed by atoms with Gasteiger partial charge in [-0.25, -0.2) is 9.97 Å². The number of carbonyl (C=O) groups is 1. The van der Waals surface area contributed by atoms with Crippen molar-refractivity contribution in [3.63, 3.8) is 0 Å². The number of Topliss-reactive ketones (excluding diaryl/α,β-unsaturated/α-hetero) is 1. The minimum atomic E-state index is 0.288. The first-order valence-electron chi connectivity index (χ1n) is 11.0. The predicted molar refractivity (Wildman–Crippen MR) is 111 cm³/mol. The van der Waals surface area contributed by atoms with Gasteiger partial charge < -0.3 is 4.90 Å². The lowest BCUT2D eigenvalue weighted by Crippen LogP contribution is -2.56. The number of hydrogen-bond acceptors (Lipinski definition) is 6. The summed E-state index contributed by atoms with van der Waals surface area (Å²) in [4.78, 5) is 28.7. The first-order chi connectivity index (χ1) is 13.5. The van der Waals surface area contributed by atoms with Gasteiger partial charge in [-0.3, -0.25) is 14.6 Å². The summed E-state index contributed by atoms with van der Waals surface area (Å²) in [7, 11) is 2.15. The van der Waals surface area contributed by atoms with Crippen molar-refractivity contribution in [3.8, 4) is 0 Å². The molecule has 2 aliphatic heterocycles. The average Bonchev–Trinajstić information content (AvgIpc) is 2.90. The van der Waals surface area contributed by atoms with Crippen molar-refractivity contribution < 1.29 is 4.79 Å². The van der Waals surface area contributed by atoms with Crippen LogP contribution >= 0.6 is 0 Å². The molecule has 3 heterocycles. The van der Waals surface area contributed by atoms with E-state index in [0.29, 0.717) is 36.4 Å². The molecular formula is C22H35N5O. The van der Waals surface area contributed by atoms with Crippen molar-refractivity contribution in [1.82, 2.24) is 19.8 Å². The van der Waals surface area contributed by atoms with Crippen LogP contribution in [0.1, 0.15) is 58.4 Å². The summed E-state index contributed by atoms with van der Waals surface area (Å²) in [5.74, 6) is 1.61. The second kappa shape index (κ2) is 8.07. The Kier molecular flexibility index (Phi) is 5.70. The van der Waals surface area contributed by atoms with Crippen LogP contribution in [-0.2, 0) is 11.3 Å². The molecule has 1 aromatic rings. The van der Waals surface area contributed by atoms with E-state index in [1.807, 2.05) is 19.3 Å². The zero-order valence-corrected chi connectivity index (χ0v) is 17.8. The number of rotatable bonds is 7. The van der Waals surface area contributed by atoms with Gasteiger partial charge in [-0.15, -0.1) is 0 Å². The molecule has 0 amide bonds. The van der Waals surface area contributed by atoms with Crippen LogP contribution in [0, 0.1) is 5.92 Å². The maximum absolute atomic E-state index is 11.8. The number of piperazine rings is 1. The molecule has 2 bridgehead atoms. The maximum atomic E-state index is 11.8. The quantitative estimate of drug-likeness (QED) is 0.719. The average molecular weight is 386 g/mol. The van der Waals surface area contributed by atoms with Crippen molar-refractivity contribution in [1.29, 1.82) is 0 Å². The molecule has 1 saturated carbocycles. The highest BCUT2D eigenvalue weighted by atomic mass is 16.1. The Labute approximate surface area is 169 Å².